The van der Waals surface area contributed by atoms with Gasteiger partial charge in [-0.2, -0.15) is 0 Å². The molecular formula is C46H42FN7O5. The van der Waals surface area contributed by atoms with Crippen LogP contribution in [0.15, 0.2) is 79.3 Å². The Morgan fingerprint density at radius 3 is 2.58 bits per heavy atom. The van der Waals surface area contributed by atoms with Crippen LogP contribution >= 0.6 is 0 Å². The van der Waals surface area contributed by atoms with Crippen molar-refractivity contribution in [2.24, 2.45) is 0 Å². The molecule has 4 heterocycles. The number of nitrogens with zero attached hydrogens (tertiary/aromatic N) is 3. The lowest BCUT2D eigenvalue weighted by Crippen LogP contribution is -2.51. The second-order valence-corrected chi connectivity index (χ2v) is 14.7. The van der Waals surface area contributed by atoms with E-state index in [1.54, 1.807) is 56.0 Å². The molecule has 0 spiro atoms. The number of likely N-dealkylation sites (N-methyl/N-ethyl adjacent to an activating group) is 1. The maximum Gasteiger partial charge on any atom is 0.269 e. The summed E-state index contributed by atoms with van der Waals surface area (Å²) in [4.78, 5) is 75.5. The highest BCUT2D eigenvalue weighted by Crippen LogP contribution is 2.39. The van der Waals surface area contributed by atoms with E-state index in [0.717, 1.165) is 22.6 Å². The molecule has 3 aromatic heterocycles. The summed E-state index contributed by atoms with van der Waals surface area (Å²) in [5.74, 6) is 4.33. The Morgan fingerprint density at radius 1 is 1.03 bits per heavy atom. The molecule has 3 aromatic carbocycles. The smallest absolute Gasteiger partial charge is 0.269 e. The fourth-order valence-corrected chi connectivity index (χ4v) is 7.47. The number of halogens is 1. The Bertz CT molecular complexity index is 2710. The van der Waals surface area contributed by atoms with Gasteiger partial charge in [0.25, 0.3) is 11.8 Å². The molecule has 0 radical (unpaired) electrons. The summed E-state index contributed by atoms with van der Waals surface area (Å²) in [6, 6.07) is 17.5. The minimum Gasteiger partial charge on any atom is -0.360 e. The molecule has 6 aromatic rings. The van der Waals surface area contributed by atoms with Gasteiger partial charge in [0.2, 0.25) is 11.8 Å². The largest absolute Gasteiger partial charge is 0.360 e. The molecule has 13 heteroatoms. The van der Waals surface area contributed by atoms with Crippen molar-refractivity contribution in [2.75, 3.05) is 20.6 Å². The highest BCUT2D eigenvalue weighted by atomic mass is 19.1. The van der Waals surface area contributed by atoms with Gasteiger partial charge >= 0.3 is 0 Å². The standard InChI is InChI=1S/C46H42FN7O5/c1-26(2)32-20-33(42(47)41-35(44(57)48-3)23-52-43(32)41)31-13-8-11-28-19-38(51-22-34(28)31)29-14-15-37(50-21-29)45(58)49-18-6-5-9-27-10-7-12-30(25-55)36(27)24-54(4)39-16-17-40(56)53-46(39)59/h7-8,10-15,19-23,25-26,39,52H,6,16-18,24H2,1-4H3,(H,48,57)(H,49,58)(H,53,56,59). The molecule has 4 N–H and O–H groups in total. The summed E-state index contributed by atoms with van der Waals surface area (Å²) < 4.78 is 16.4. The van der Waals surface area contributed by atoms with Gasteiger partial charge in [0.1, 0.15) is 17.8 Å². The summed E-state index contributed by atoms with van der Waals surface area (Å²) in [5.41, 5.74) is 6.05. The minimum atomic E-state index is -0.501. The summed E-state index contributed by atoms with van der Waals surface area (Å²) in [7, 11) is 3.29. The molecule has 1 unspecified atom stereocenters. The summed E-state index contributed by atoms with van der Waals surface area (Å²) in [6.45, 7) is 4.59. The van der Waals surface area contributed by atoms with Crippen LogP contribution < -0.4 is 16.0 Å². The van der Waals surface area contributed by atoms with Crippen molar-refractivity contribution >= 4 is 51.6 Å². The Hall–Kier alpha value is -7.04. The third-order valence-electron chi connectivity index (χ3n) is 10.6. The number of aromatic nitrogens is 3. The number of fused-ring (bicyclic) bond motifs is 2. The quantitative estimate of drug-likeness (QED) is 0.0515. The van der Waals surface area contributed by atoms with E-state index < -0.39 is 11.9 Å². The van der Waals surface area contributed by atoms with Crippen molar-refractivity contribution in [3.05, 3.63) is 119 Å². The fraction of sp³-hybridized carbons (Fsp3) is 0.239. The molecule has 0 saturated carbocycles. The van der Waals surface area contributed by atoms with Crippen molar-refractivity contribution in [1.29, 1.82) is 0 Å². The third-order valence-corrected chi connectivity index (χ3v) is 10.6. The van der Waals surface area contributed by atoms with Crippen LogP contribution in [0, 0.1) is 17.7 Å². The van der Waals surface area contributed by atoms with E-state index in [4.69, 9.17) is 4.98 Å². The first-order valence-corrected chi connectivity index (χ1v) is 19.3. The zero-order valence-electron chi connectivity index (χ0n) is 33.0. The van der Waals surface area contributed by atoms with Gasteiger partial charge < -0.3 is 15.6 Å². The molecule has 0 aliphatic carbocycles. The lowest BCUT2D eigenvalue weighted by molar-refractivity contribution is -0.137. The zero-order valence-corrected chi connectivity index (χ0v) is 33.0. The van der Waals surface area contributed by atoms with Crippen molar-refractivity contribution in [1.82, 2.24) is 35.8 Å². The van der Waals surface area contributed by atoms with Gasteiger partial charge in [-0.1, -0.05) is 56.0 Å². The number of hydrogen-bond donors (Lipinski definition) is 4. The molecule has 1 aliphatic rings. The normalized spacial score (nSPS) is 14.0. The van der Waals surface area contributed by atoms with Gasteiger partial charge in [-0.25, -0.2) is 4.39 Å². The van der Waals surface area contributed by atoms with Crippen LogP contribution in [-0.2, 0) is 16.1 Å². The summed E-state index contributed by atoms with van der Waals surface area (Å²) >= 11 is 0. The number of rotatable bonds is 11. The Kier molecular flexibility index (Phi) is 11.7. The molecule has 7 rings (SSSR count). The topological polar surface area (TPSA) is 166 Å². The number of aromatic amines is 1. The van der Waals surface area contributed by atoms with Crippen LogP contribution in [0.1, 0.15) is 86.9 Å². The van der Waals surface area contributed by atoms with Gasteiger partial charge in [0.05, 0.1) is 22.8 Å². The summed E-state index contributed by atoms with van der Waals surface area (Å²) in [5, 5.41) is 9.62. The molecule has 1 atom stereocenters. The number of aldehydes is 1. The van der Waals surface area contributed by atoms with Crippen LogP contribution in [0.2, 0.25) is 0 Å². The molecule has 59 heavy (non-hydrogen) atoms. The number of nitrogens with one attached hydrogen (secondary N) is 4. The number of amides is 4. The van der Waals surface area contributed by atoms with E-state index in [9.17, 15) is 24.0 Å². The number of pyridine rings is 2. The number of piperidine rings is 1. The third kappa shape index (κ3) is 8.21. The Labute approximate surface area is 340 Å². The molecule has 12 nitrogen and oxygen atoms in total. The van der Waals surface area contributed by atoms with Crippen LogP contribution in [0.4, 0.5) is 4.39 Å². The van der Waals surface area contributed by atoms with E-state index in [1.165, 1.54) is 7.05 Å². The second kappa shape index (κ2) is 17.2. The molecule has 1 saturated heterocycles. The number of hydrogen-bond acceptors (Lipinski definition) is 8. The molecule has 0 bridgehead atoms. The number of imide groups is 1. The zero-order chi connectivity index (χ0) is 41.8. The number of carbonyl (C=O) groups is 5. The SMILES string of the molecule is CNC(=O)c1c[nH]c2c(C(C)C)cc(-c3cccc4cc(-c5ccc(C(=O)NCCC#Cc6cccc(C=O)c6CN(C)C6CCC(=O)NC6=O)nc5)ncc34)c(F)c12. The van der Waals surface area contributed by atoms with Gasteiger partial charge in [-0.15, -0.1) is 0 Å². The second-order valence-electron chi connectivity index (χ2n) is 14.7. The lowest BCUT2D eigenvalue weighted by Gasteiger charge is -2.30. The molecule has 1 aliphatic heterocycles. The van der Waals surface area contributed by atoms with Crippen LogP contribution in [-0.4, -0.2) is 76.4 Å². The Balaban J connectivity index is 1.03. The Morgan fingerprint density at radius 2 is 1.85 bits per heavy atom. The predicted molar refractivity (Wildman–Crippen MR) is 223 cm³/mol. The van der Waals surface area contributed by atoms with Gasteiger partial charge in [-0.05, 0) is 71.8 Å². The number of benzene rings is 3. The van der Waals surface area contributed by atoms with Crippen molar-refractivity contribution in [3.8, 4) is 34.2 Å². The first-order valence-electron chi connectivity index (χ1n) is 19.3. The maximum atomic E-state index is 16.4. The molecular weight excluding hydrogens is 750 g/mol. The first-order chi connectivity index (χ1) is 28.5. The fourth-order valence-electron chi connectivity index (χ4n) is 7.47. The van der Waals surface area contributed by atoms with Crippen molar-refractivity contribution in [3.63, 3.8) is 0 Å². The number of H-pyrrole nitrogens is 1. The van der Waals surface area contributed by atoms with E-state index in [1.807, 2.05) is 49.1 Å². The number of carbonyl (C=O) groups excluding carboxylic acids is 5. The van der Waals surface area contributed by atoms with Crippen molar-refractivity contribution in [2.45, 2.75) is 51.6 Å². The monoisotopic (exact) mass is 791 g/mol. The van der Waals surface area contributed by atoms with E-state index in [-0.39, 0.29) is 65.7 Å². The first kappa shape index (κ1) is 40.2. The van der Waals surface area contributed by atoms with E-state index >= 15 is 4.39 Å². The highest BCUT2D eigenvalue weighted by molar-refractivity contribution is 6.10. The average molecular weight is 792 g/mol. The van der Waals surface area contributed by atoms with Gasteiger partial charge in [0, 0.05) is 84.6 Å². The van der Waals surface area contributed by atoms with Crippen LogP contribution in [0.5, 0.6) is 0 Å². The van der Waals surface area contributed by atoms with Gasteiger partial charge in [0.15, 0.2) is 0 Å². The predicted octanol–water partition coefficient (Wildman–Crippen LogP) is 6.29. The average Bonchev–Trinajstić information content (AvgIpc) is 3.69. The van der Waals surface area contributed by atoms with E-state index in [2.05, 4.69) is 37.8 Å². The minimum absolute atomic E-state index is 0.0554. The molecule has 298 valence electrons. The highest BCUT2D eigenvalue weighted by Gasteiger charge is 2.30. The van der Waals surface area contributed by atoms with Crippen LogP contribution in [0.3, 0.4) is 0 Å². The van der Waals surface area contributed by atoms with Crippen LogP contribution in [0.25, 0.3) is 44.1 Å². The van der Waals surface area contributed by atoms with E-state index in [0.29, 0.717) is 57.4 Å². The maximum absolute atomic E-state index is 16.4. The molecule has 4 amide bonds. The molecule has 1 fully saturated rings. The lowest BCUT2D eigenvalue weighted by atomic mass is 9.91. The van der Waals surface area contributed by atoms with Gasteiger partial charge in [-0.3, -0.25) is 44.2 Å². The van der Waals surface area contributed by atoms with Crippen molar-refractivity contribution < 1.29 is 28.4 Å². The summed E-state index contributed by atoms with van der Waals surface area (Å²) in [6.07, 6.45) is 6.55.